The van der Waals surface area contributed by atoms with E-state index in [0.717, 1.165) is 0 Å². The Labute approximate surface area is 79.8 Å². The van der Waals surface area contributed by atoms with Gasteiger partial charge in [-0.15, -0.1) is 12.4 Å². The lowest BCUT2D eigenvalue weighted by molar-refractivity contribution is 0.0991. The molecule has 0 bridgehead atoms. The first-order valence-electron chi connectivity index (χ1n) is 3.38. The van der Waals surface area contributed by atoms with Gasteiger partial charge in [-0.1, -0.05) is 0 Å². The molecule has 0 unspecified atom stereocenters. The molecule has 0 aliphatic carbocycles. The number of primary amides is 1. The molecule has 2 rings (SSSR count). The highest BCUT2D eigenvalue weighted by atomic mass is 35.5. The molecular weight excluding hydrogens is 192 g/mol. The summed E-state index contributed by atoms with van der Waals surface area (Å²) < 4.78 is 0. The average Bonchev–Trinajstić information content (AvgIpc) is 2.46. The van der Waals surface area contributed by atoms with Gasteiger partial charge in [-0.2, -0.15) is 0 Å². The van der Waals surface area contributed by atoms with Crippen molar-refractivity contribution in [3.05, 3.63) is 24.2 Å². The van der Waals surface area contributed by atoms with Crippen LogP contribution in [0.2, 0.25) is 0 Å². The Kier molecular flexibility index (Phi) is 2.48. The van der Waals surface area contributed by atoms with Crippen LogP contribution in [0, 0.1) is 0 Å². The monoisotopic (exact) mass is 198 g/mol. The van der Waals surface area contributed by atoms with Crippen molar-refractivity contribution in [2.24, 2.45) is 5.73 Å². The molecule has 0 aliphatic heterocycles. The summed E-state index contributed by atoms with van der Waals surface area (Å²) in [6, 6.07) is 3.53. The van der Waals surface area contributed by atoms with Crippen LogP contribution in [0.3, 0.4) is 0 Å². The van der Waals surface area contributed by atoms with E-state index in [-0.39, 0.29) is 18.2 Å². The van der Waals surface area contributed by atoms with Gasteiger partial charge in [-0.25, -0.2) is 9.97 Å². The summed E-state index contributed by atoms with van der Waals surface area (Å²) in [5.41, 5.74) is 6.24. The summed E-state index contributed by atoms with van der Waals surface area (Å²) in [4.78, 5) is 21.2. The van der Waals surface area contributed by atoms with Gasteiger partial charge in [0.25, 0.3) is 5.91 Å². The number of aromatic nitrogens is 3. The van der Waals surface area contributed by atoms with Crippen LogP contribution in [0.4, 0.5) is 0 Å². The van der Waals surface area contributed by atoms with Gasteiger partial charge in [0, 0.05) is 6.20 Å². The number of imidazole rings is 1. The van der Waals surface area contributed by atoms with Crippen molar-refractivity contribution in [3.8, 4) is 0 Å². The van der Waals surface area contributed by atoms with Crippen LogP contribution in [-0.4, -0.2) is 20.9 Å². The number of aromatic amines is 1. The minimum Gasteiger partial charge on any atom is -0.363 e. The van der Waals surface area contributed by atoms with E-state index in [4.69, 9.17) is 5.73 Å². The number of pyridine rings is 1. The largest absolute Gasteiger partial charge is 0.363 e. The zero-order chi connectivity index (χ0) is 8.55. The van der Waals surface area contributed by atoms with E-state index in [9.17, 15) is 4.79 Å². The van der Waals surface area contributed by atoms with Gasteiger partial charge in [-0.05, 0) is 12.1 Å². The Morgan fingerprint density at radius 2 is 2.31 bits per heavy atom. The molecular formula is C7H7ClN4O. The highest BCUT2D eigenvalue weighted by Gasteiger charge is 2.06. The van der Waals surface area contributed by atoms with Crippen LogP contribution >= 0.6 is 12.4 Å². The van der Waals surface area contributed by atoms with Crippen LogP contribution in [0.1, 0.15) is 10.6 Å². The fourth-order valence-corrected chi connectivity index (χ4v) is 0.962. The minimum atomic E-state index is -0.576. The number of nitrogens with two attached hydrogens (primary N) is 1. The van der Waals surface area contributed by atoms with Crippen molar-refractivity contribution < 1.29 is 4.79 Å². The van der Waals surface area contributed by atoms with Crippen LogP contribution in [0.15, 0.2) is 18.3 Å². The number of carbonyl (C=O) groups is 1. The molecule has 2 aromatic heterocycles. The molecule has 0 aliphatic rings. The Morgan fingerprint density at radius 3 is 2.92 bits per heavy atom. The van der Waals surface area contributed by atoms with Gasteiger partial charge >= 0.3 is 0 Å². The molecule has 0 fully saturated rings. The Morgan fingerprint density at radius 1 is 1.54 bits per heavy atom. The highest BCUT2D eigenvalue weighted by molar-refractivity contribution is 5.92. The molecule has 1 amide bonds. The van der Waals surface area contributed by atoms with E-state index in [0.29, 0.717) is 11.2 Å². The van der Waals surface area contributed by atoms with Crippen molar-refractivity contribution in [2.75, 3.05) is 0 Å². The van der Waals surface area contributed by atoms with Crippen molar-refractivity contribution in [3.63, 3.8) is 0 Å². The summed E-state index contributed by atoms with van der Waals surface area (Å²) >= 11 is 0. The number of hydrogen-bond acceptors (Lipinski definition) is 3. The topological polar surface area (TPSA) is 84.7 Å². The van der Waals surface area contributed by atoms with E-state index in [2.05, 4.69) is 15.0 Å². The van der Waals surface area contributed by atoms with Gasteiger partial charge in [0.1, 0.15) is 0 Å². The Bertz CT molecular complexity index is 406. The summed E-state index contributed by atoms with van der Waals surface area (Å²) in [6.07, 6.45) is 1.61. The van der Waals surface area contributed by atoms with Crippen molar-refractivity contribution >= 4 is 29.5 Å². The number of nitrogens with zero attached hydrogens (tertiary/aromatic N) is 2. The normalized spacial score (nSPS) is 9.54. The number of halogens is 1. The lowest BCUT2D eigenvalue weighted by Crippen LogP contribution is -2.12. The summed E-state index contributed by atoms with van der Waals surface area (Å²) in [5.74, 6) is -0.434. The molecule has 0 spiro atoms. The van der Waals surface area contributed by atoms with E-state index in [1.807, 2.05) is 0 Å². The standard InChI is InChI=1S/C7H6N4O.ClH/c8-5(12)7-10-4-2-1-3-9-6(4)11-7;/h1-3H,(H2,8,12)(H,9,10,11);1H. The first-order chi connectivity index (χ1) is 5.77. The molecule has 3 N–H and O–H groups in total. The summed E-state index contributed by atoms with van der Waals surface area (Å²) in [7, 11) is 0. The zero-order valence-electron chi connectivity index (χ0n) is 6.52. The van der Waals surface area contributed by atoms with Crippen LogP contribution in [0.25, 0.3) is 11.2 Å². The van der Waals surface area contributed by atoms with Crippen LogP contribution < -0.4 is 5.73 Å². The van der Waals surface area contributed by atoms with Gasteiger partial charge in [0.05, 0.1) is 5.52 Å². The molecule has 2 heterocycles. The molecule has 0 saturated carbocycles. The SMILES string of the molecule is Cl.NC(=O)c1nc2ncccc2[nH]1. The Hall–Kier alpha value is -1.62. The van der Waals surface area contributed by atoms with E-state index in [1.165, 1.54) is 0 Å². The molecule has 0 saturated heterocycles. The van der Waals surface area contributed by atoms with E-state index >= 15 is 0 Å². The predicted molar refractivity (Wildman–Crippen MR) is 49.7 cm³/mol. The quantitative estimate of drug-likeness (QED) is 0.699. The molecule has 0 aromatic carbocycles. The Balaban J connectivity index is 0.000000845. The van der Waals surface area contributed by atoms with Gasteiger partial charge in [0.15, 0.2) is 11.5 Å². The molecule has 5 nitrogen and oxygen atoms in total. The number of nitrogens with one attached hydrogen (secondary N) is 1. The van der Waals surface area contributed by atoms with Crippen molar-refractivity contribution in [1.82, 2.24) is 15.0 Å². The van der Waals surface area contributed by atoms with Crippen LogP contribution in [0.5, 0.6) is 0 Å². The molecule has 2 aromatic rings. The number of amides is 1. The number of rotatable bonds is 1. The molecule has 0 atom stereocenters. The molecule has 6 heteroatoms. The predicted octanol–water partition coefficient (Wildman–Crippen LogP) is 0.479. The second-order valence-electron chi connectivity index (χ2n) is 2.32. The van der Waals surface area contributed by atoms with Crippen molar-refractivity contribution in [2.45, 2.75) is 0 Å². The maximum absolute atomic E-state index is 10.7. The second-order valence-corrected chi connectivity index (χ2v) is 2.32. The molecule has 68 valence electrons. The summed E-state index contributed by atoms with van der Waals surface area (Å²) in [6.45, 7) is 0. The average molecular weight is 199 g/mol. The minimum absolute atomic E-state index is 0. The fourth-order valence-electron chi connectivity index (χ4n) is 0.962. The van der Waals surface area contributed by atoms with Gasteiger partial charge in [-0.3, -0.25) is 4.79 Å². The zero-order valence-corrected chi connectivity index (χ0v) is 7.34. The first-order valence-corrected chi connectivity index (χ1v) is 3.38. The maximum atomic E-state index is 10.7. The lowest BCUT2D eigenvalue weighted by Gasteiger charge is -1.81. The third kappa shape index (κ3) is 1.59. The maximum Gasteiger partial charge on any atom is 0.284 e. The van der Waals surface area contributed by atoms with Gasteiger partial charge < -0.3 is 10.7 Å². The number of carbonyl (C=O) groups excluding carboxylic acids is 1. The number of H-pyrrole nitrogens is 1. The smallest absolute Gasteiger partial charge is 0.284 e. The third-order valence-electron chi connectivity index (χ3n) is 1.49. The number of hydrogen-bond donors (Lipinski definition) is 2. The third-order valence-corrected chi connectivity index (χ3v) is 1.49. The molecule has 0 radical (unpaired) electrons. The second kappa shape index (κ2) is 3.40. The van der Waals surface area contributed by atoms with Crippen LogP contribution in [-0.2, 0) is 0 Å². The highest BCUT2D eigenvalue weighted by Crippen LogP contribution is 2.05. The van der Waals surface area contributed by atoms with Gasteiger partial charge in [0.2, 0.25) is 0 Å². The number of fused-ring (bicyclic) bond motifs is 1. The van der Waals surface area contributed by atoms with E-state index in [1.54, 1.807) is 18.3 Å². The van der Waals surface area contributed by atoms with Crippen molar-refractivity contribution in [1.29, 1.82) is 0 Å². The fraction of sp³-hybridized carbons (Fsp3) is 0. The summed E-state index contributed by atoms with van der Waals surface area (Å²) in [5, 5.41) is 0. The first kappa shape index (κ1) is 9.47. The van der Waals surface area contributed by atoms with E-state index < -0.39 is 5.91 Å². The lowest BCUT2D eigenvalue weighted by atomic mass is 10.4. The molecule has 13 heavy (non-hydrogen) atoms.